The molecule has 0 atom stereocenters. The van der Waals surface area contributed by atoms with Crippen molar-refractivity contribution < 1.29 is 0 Å². The van der Waals surface area contributed by atoms with Crippen molar-refractivity contribution in [1.29, 1.82) is 0 Å². The maximum atomic E-state index is 4.95. The Balaban J connectivity index is 1.86. The Bertz CT molecular complexity index is 1020. The van der Waals surface area contributed by atoms with E-state index in [0.717, 1.165) is 10.5 Å². The van der Waals surface area contributed by atoms with Crippen molar-refractivity contribution >= 4 is 22.7 Å². The molecule has 1 heterocycles. The van der Waals surface area contributed by atoms with Crippen LogP contribution in [0.15, 0.2) is 88.8 Å². The molecule has 4 rings (SSSR count). The Morgan fingerprint density at radius 1 is 0.720 bits per heavy atom. The first-order valence-electron chi connectivity index (χ1n) is 8.40. The van der Waals surface area contributed by atoms with Gasteiger partial charge in [0.1, 0.15) is 5.03 Å². The van der Waals surface area contributed by atoms with E-state index in [1.54, 1.807) is 11.8 Å². The molecule has 4 aromatic rings. The van der Waals surface area contributed by atoms with Gasteiger partial charge in [0.25, 0.3) is 0 Å². The first-order chi connectivity index (χ1) is 12.2. The minimum Gasteiger partial charge on any atom is -0.240 e. The highest BCUT2D eigenvalue weighted by Crippen LogP contribution is 2.36. The van der Waals surface area contributed by atoms with Crippen LogP contribution in [0.5, 0.6) is 0 Å². The molecule has 2 heteroatoms. The Labute approximate surface area is 152 Å². The van der Waals surface area contributed by atoms with E-state index in [4.69, 9.17) is 4.98 Å². The summed E-state index contributed by atoms with van der Waals surface area (Å²) in [5.41, 5.74) is 5.97. The Morgan fingerprint density at radius 3 is 2.08 bits per heavy atom. The molecule has 1 aromatic heterocycles. The third kappa shape index (κ3) is 3.45. The highest BCUT2D eigenvalue weighted by atomic mass is 32.2. The maximum absolute atomic E-state index is 4.95. The van der Waals surface area contributed by atoms with Crippen molar-refractivity contribution in [2.45, 2.75) is 23.8 Å². The van der Waals surface area contributed by atoms with E-state index >= 15 is 0 Å². The molecule has 0 saturated heterocycles. The minimum atomic E-state index is 1.04. The fraction of sp³-hybridized carbons (Fsp3) is 0.0870. The molecule has 122 valence electrons. The van der Waals surface area contributed by atoms with Crippen LogP contribution in [0.4, 0.5) is 0 Å². The molecule has 0 aliphatic heterocycles. The molecule has 0 spiro atoms. The summed E-state index contributed by atoms with van der Waals surface area (Å²) in [5, 5.41) is 2.22. The summed E-state index contributed by atoms with van der Waals surface area (Å²) in [7, 11) is 0. The number of hydrogen-bond acceptors (Lipinski definition) is 2. The Morgan fingerprint density at radius 2 is 1.36 bits per heavy atom. The molecule has 0 unspecified atom stereocenters. The number of aryl methyl sites for hydroxylation is 2. The smallest absolute Gasteiger partial charge is 0.109 e. The number of rotatable bonds is 3. The number of pyridine rings is 1. The zero-order valence-corrected chi connectivity index (χ0v) is 15.2. The lowest BCUT2D eigenvalue weighted by Gasteiger charge is -2.11. The first kappa shape index (κ1) is 15.9. The molecule has 0 aliphatic rings. The lowest BCUT2D eigenvalue weighted by atomic mass is 10.0. The van der Waals surface area contributed by atoms with Gasteiger partial charge in [-0.1, -0.05) is 77.5 Å². The molecule has 0 amide bonds. The predicted molar refractivity (Wildman–Crippen MR) is 107 cm³/mol. The molecule has 1 nitrogen and oxygen atoms in total. The standard InChI is InChI=1S/C23H19NS/c1-16-7-11-18(12-8-16)21-15-19-5-3-4-6-22(19)24-23(21)25-20-13-9-17(2)10-14-20/h3-15H,1-2H3. The second-order valence-electron chi connectivity index (χ2n) is 6.31. The van der Waals surface area contributed by atoms with Crippen molar-refractivity contribution in [2.75, 3.05) is 0 Å². The second kappa shape index (κ2) is 6.73. The third-order valence-electron chi connectivity index (χ3n) is 4.29. The number of aromatic nitrogens is 1. The van der Waals surface area contributed by atoms with Gasteiger partial charge in [-0.05, 0) is 43.7 Å². The van der Waals surface area contributed by atoms with Gasteiger partial charge < -0.3 is 0 Å². The van der Waals surface area contributed by atoms with Gasteiger partial charge in [0.15, 0.2) is 0 Å². The fourth-order valence-corrected chi connectivity index (χ4v) is 3.76. The predicted octanol–water partition coefficient (Wildman–Crippen LogP) is 6.67. The van der Waals surface area contributed by atoms with Gasteiger partial charge in [-0.3, -0.25) is 0 Å². The lowest BCUT2D eigenvalue weighted by molar-refractivity contribution is 1.19. The number of benzene rings is 3. The highest BCUT2D eigenvalue weighted by molar-refractivity contribution is 7.99. The fourth-order valence-electron chi connectivity index (χ4n) is 2.83. The van der Waals surface area contributed by atoms with Crippen molar-refractivity contribution in [1.82, 2.24) is 4.98 Å². The van der Waals surface area contributed by atoms with Crippen molar-refractivity contribution in [2.24, 2.45) is 0 Å². The van der Waals surface area contributed by atoms with Gasteiger partial charge in [0.2, 0.25) is 0 Å². The van der Waals surface area contributed by atoms with Gasteiger partial charge >= 0.3 is 0 Å². The largest absolute Gasteiger partial charge is 0.240 e. The Hall–Kier alpha value is -2.58. The first-order valence-corrected chi connectivity index (χ1v) is 9.22. The SMILES string of the molecule is Cc1ccc(Sc2nc3ccccc3cc2-c2ccc(C)cc2)cc1. The summed E-state index contributed by atoms with van der Waals surface area (Å²) in [6, 6.07) is 27.9. The molecule has 25 heavy (non-hydrogen) atoms. The highest BCUT2D eigenvalue weighted by Gasteiger charge is 2.11. The van der Waals surface area contributed by atoms with Crippen LogP contribution in [-0.2, 0) is 0 Å². The summed E-state index contributed by atoms with van der Waals surface area (Å²) in [6.45, 7) is 4.23. The van der Waals surface area contributed by atoms with E-state index in [1.807, 2.05) is 6.07 Å². The molecule has 0 radical (unpaired) electrons. The molecule has 0 saturated carbocycles. The van der Waals surface area contributed by atoms with Crippen LogP contribution in [0.1, 0.15) is 11.1 Å². The minimum absolute atomic E-state index is 1.04. The van der Waals surface area contributed by atoms with E-state index in [2.05, 4.69) is 86.6 Å². The van der Waals surface area contributed by atoms with Crippen molar-refractivity contribution in [3.63, 3.8) is 0 Å². The van der Waals surface area contributed by atoms with E-state index in [1.165, 1.54) is 32.5 Å². The number of para-hydroxylation sites is 1. The molecular formula is C23H19NS. The lowest BCUT2D eigenvalue weighted by Crippen LogP contribution is -1.90. The van der Waals surface area contributed by atoms with Gasteiger partial charge in [-0.15, -0.1) is 0 Å². The van der Waals surface area contributed by atoms with E-state index in [0.29, 0.717) is 0 Å². The quantitative estimate of drug-likeness (QED) is 0.413. The van der Waals surface area contributed by atoms with Crippen LogP contribution in [0.3, 0.4) is 0 Å². The summed E-state index contributed by atoms with van der Waals surface area (Å²) >= 11 is 1.73. The van der Waals surface area contributed by atoms with Gasteiger partial charge in [-0.25, -0.2) is 4.98 Å². The molecular weight excluding hydrogens is 322 g/mol. The number of nitrogens with zero attached hydrogens (tertiary/aromatic N) is 1. The molecule has 0 fully saturated rings. The summed E-state index contributed by atoms with van der Waals surface area (Å²) < 4.78 is 0. The van der Waals surface area contributed by atoms with Gasteiger partial charge in [0.05, 0.1) is 5.52 Å². The normalized spacial score (nSPS) is 11.0. The second-order valence-corrected chi connectivity index (χ2v) is 7.38. The summed E-state index contributed by atoms with van der Waals surface area (Å²) in [6.07, 6.45) is 0. The van der Waals surface area contributed by atoms with Crippen LogP contribution in [-0.4, -0.2) is 4.98 Å². The molecule has 0 N–H and O–H groups in total. The molecule has 0 aliphatic carbocycles. The Kier molecular flexibility index (Phi) is 4.29. The zero-order valence-electron chi connectivity index (χ0n) is 14.4. The third-order valence-corrected chi connectivity index (χ3v) is 5.30. The van der Waals surface area contributed by atoms with Crippen LogP contribution in [0.25, 0.3) is 22.0 Å². The van der Waals surface area contributed by atoms with Crippen LogP contribution < -0.4 is 0 Å². The molecule has 0 bridgehead atoms. The van der Waals surface area contributed by atoms with Crippen LogP contribution >= 0.6 is 11.8 Å². The summed E-state index contributed by atoms with van der Waals surface area (Å²) in [5.74, 6) is 0. The van der Waals surface area contributed by atoms with Crippen LogP contribution in [0.2, 0.25) is 0 Å². The van der Waals surface area contributed by atoms with Crippen molar-refractivity contribution in [3.05, 3.63) is 90.0 Å². The zero-order chi connectivity index (χ0) is 17.2. The van der Waals surface area contributed by atoms with E-state index < -0.39 is 0 Å². The van der Waals surface area contributed by atoms with E-state index in [9.17, 15) is 0 Å². The average Bonchev–Trinajstić information content (AvgIpc) is 2.64. The van der Waals surface area contributed by atoms with Gasteiger partial charge in [-0.2, -0.15) is 0 Å². The maximum Gasteiger partial charge on any atom is 0.109 e. The monoisotopic (exact) mass is 341 g/mol. The van der Waals surface area contributed by atoms with E-state index in [-0.39, 0.29) is 0 Å². The van der Waals surface area contributed by atoms with Gasteiger partial charge in [0, 0.05) is 15.8 Å². The topological polar surface area (TPSA) is 12.9 Å². The van der Waals surface area contributed by atoms with Crippen LogP contribution in [0, 0.1) is 13.8 Å². The number of hydrogen-bond donors (Lipinski definition) is 0. The number of fused-ring (bicyclic) bond motifs is 1. The van der Waals surface area contributed by atoms with Crippen molar-refractivity contribution in [3.8, 4) is 11.1 Å². The average molecular weight is 341 g/mol. The summed E-state index contributed by atoms with van der Waals surface area (Å²) in [4.78, 5) is 6.16. The molecule has 3 aromatic carbocycles.